The van der Waals surface area contributed by atoms with E-state index in [4.69, 9.17) is 5.21 Å². The zero-order valence-electron chi connectivity index (χ0n) is 10.8. The molecule has 0 aliphatic rings. The molecule has 19 heavy (non-hydrogen) atoms. The number of hydrogen-bond acceptors (Lipinski definition) is 3. The maximum absolute atomic E-state index is 8.76. The fraction of sp³-hybridized carbons (Fsp3) is 0.0667. The lowest BCUT2D eigenvalue weighted by atomic mass is 10.1. The van der Waals surface area contributed by atoms with Crippen LogP contribution in [-0.2, 0) is 0 Å². The molecule has 2 rings (SSSR count). The van der Waals surface area contributed by atoms with Gasteiger partial charge in [0.2, 0.25) is 0 Å². The predicted octanol–water partition coefficient (Wildman–Crippen LogP) is 3.76. The van der Waals surface area contributed by atoms with E-state index in [9.17, 15) is 0 Å². The lowest BCUT2D eigenvalue weighted by Crippen LogP contribution is -2.01. The van der Waals surface area contributed by atoms with Crippen molar-refractivity contribution in [1.29, 1.82) is 0 Å². The molecule has 0 spiro atoms. The first-order chi connectivity index (χ1) is 9.10. The van der Waals surface area contributed by atoms with E-state index in [0.29, 0.717) is 5.69 Å². The van der Waals surface area contributed by atoms with E-state index in [0.717, 1.165) is 27.8 Å². The minimum absolute atomic E-state index is 0.661. The number of hydrogen-bond donors (Lipinski definition) is 3. The van der Waals surface area contributed by atoms with Crippen LogP contribution < -0.4 is 16.1 Å². The molecule has 0 aliphatic heterocycles. The highest BCUT2D eigenvalue weighted by Crippen LogP contribution is 2.22. The lowest BCUT2D eigenvalue weighted by molar-refractivity contribution is 0.389. The molecule has 0 heterocycles. The quantitative estimate of drug-likeness (QED) is 0.586. The largest absolute Gasteiger partial charge is 0.356 e. The van der Waals surface area contributed by atoms with Gasteiger partial charge in [-0.2, -0.15) is 0 Å². The monoisotopic (exact) mass is 272 g/mol. The Kier molecular flexibility index (Phi) is 4.20. The third-order valence-electron chi connectivity index (χ3n) is 2.82. The Hall–Kier alpha value is -1.83. The Labute approximate surface area is 115 Å². The Morgan fingerprint density at radius 2 is 1.63 bits per heavy atom. The highest BCUT2D eigenvalue weighted by Gasteiger charge is 2.02. The minimum Gasteiger partial charge on any atom is -0.356 e. The summed E-state index contributed by atoms with van der Waals surface area (Å²) in [5.74, 6) is 0. The van der Waals surface area contributed by atoms with Gasteiger partial charge in [-0.05, 0) is 54.2 Å². The van der Waals surface area contributed by atoms with E-state index >= 15 is 0 Å². The van der Waals surface area contributed by atoms with E-state index in [1.165, 1.54) is 0 Å². The standard InChI is InChI=1S/C15H17N2OP/c1-10(2)14-9-13(7-8-15(14)19)16-11-3-5-12(17-18)6-4-11/h3-9,16-18H,1,19H2,2H3. The number of benzene rings is 2. The molecule has 4 heteroatoms. The minimum atomic E-state index is 0.661. The van der Waals surface area contributed by atoms with E-state index in [-0.39, 0.29) is 0 Å². The highest BCUT2D eigenvalue weighted by atomic mass is 31.0. The summed E-state index contributed by atoms with van der Waals surface area (Å²) in [6.07, 6.45) is 0. The maximum atomic E-state index is 8.76. The van der Waals surface area contributed by atoms with Crippen molar-refractivity contribution < 1.29 is 5.21 Å². The van der Waals surface area contributed by atoms with Gasteiger partial charge in [-0.3, -0.25) is 10.7 Å². The molecular weight excluding hydrogens is 255 g/mol. The molecule has 3 N–H and O–H groups in total. The van der Waals surface area contributed by atoms with Gasteiger partial charge in [-0.15, -0.1) is 9.24 Å². The molecule has 0 aromatic heterocycles. The molecule has 0 radical (unpaired) electrons. The van der Waals surface area contributed by atoms with Gasteiger partial charge < -0.3 is 5.32 Å². The summed E-state index contributed by atoms with van der Waals surface area (Å²) in [4.78, 5) is 0. The average molecular weight is 272 g/mol. The number of anilines is 3. The molecule has 98 valence electrons. The van der Waals surface area contributed by atoms with Crippen molar-refractivity contribution in [3.63, 3.8) is 0 Å². The van der Waals surface area contributed by atoms with Crippen LogP contribution in [-0.4, -0.2) is 5.21 Å². The van der Waals surface area contributed by atoms with E-state index in [2.05, 4.69) is 32.7 Å². The first kappa shape index (κ1) is 13.6. The summed E-state index contributed by atoms with van der Waals surface area (Å²) in [6, 6.07) is 13.5. The second kappa shape index (κ2) is 5.87. The molecular formula is C15H17N2OP. The molecule has 3 nitrogen and oxygen atoms in total. The SMILES string of the molecule is C=C(C)c1cc(Nc2ccc(NO)cc2)ccc1P. The first-order valence-electron chi connectivity index (χ1n) is 5.93. The fourth-order valence-electron chi connectivity index (χ4n) is 1.80. The van der Waals surface area contributed by atoms with E-state index in [1.54, 1.807) is 12.1 Å². The Bertz CT molecular complexity index is 594. The third kappa shape index (κ3) is 3.34. The van der Waals surface area contributed by atoms with Crippen LogP contribution in [0.1, 0.15) is 12.5 Å². The van der Waals surface area contributed by atoms with Crippen LogP contribution in [0.4, 0.5) is 17.1 Å². The molecule has 0 amide bonds. The zero-order chi connectivity index (χ0) is 13.8. The molecule has 2 aromatic carbocycles. The van der Waals surface area contributed by atoms with Crippen LogP contribution in [0, 0.1) is 0 Å². The van der Waals surface area contributed by atoms with Crippen LogP contribution in [0.15, 0.2) is 49.0 Å². The Morgan fingerprint density at radius 3 is 2.21 bits per heavy atom. The van der Waals surface area contributed by atoms with E-state index in [1.807, 2.05) is 31.2 Å². The fourth-order valence-corrected chi connectivity index (χ4v) is 2.22. The average Bonchev–Trinajstić information content (AvgIpc) is 2.41. The second-order valence-electron chi connectivity index (χ2n) is 4.40. The summed E-state index contributed by atoms with van der Waals surface area (Å²) >= 11 is 0. The summed E-state index contributed by atoms with van der Waals surface area (Å²) < 4.78 is 0. The second-order valence-corrected chi connectivity index (χ2v) is 5.02. The number of allylic oxidation sites excluding steroid dienone is 1. The number of rotatable bonds is 4. The zero-order valence-corrected chi connectivity index (χ0v) is 11.9. The summed E-state index contributed by atoms with van der Waals surface area (Å²) in [6.45, 7) is 5.97. The topological polar surface area (TPSA) is 44.3 Å². The van der Waals surface area contributed by atoms with Crippen molar-refractivity contribution in [2.45, 2.75) is 6.92 Å². The molecule has 1 unspecified atom stereocenters. The highest BCUT2D eigenvalue weighted by molar-refractivity contribution is 7.27. The Balaban J connectivity index is 2.22. The molecule has 0 saturated heterocycles. The summed E-state index contributed by atoms with van der Waals surface area (Å²) in [5.41, 5.74) is 6.90. The van der Waals surface area contributed by atoms with Gasteiger partial charge in [-0.25, -0.2) is 0 Å². The van der Waals surface area contributed by atoms with Gasteiger partial charge in [-0.1, -0.05) is 18.2 Å². The van der Waals surface area contributed by atoms with Gasteiger partial charge in [0.05, 0.1) is 5.69 Å². The molecule has 0 bridgehead atoms. The van der Waals surface area contributed by atoms with Gasteiger partial charge in [0.1, 0.15) is 0 Å². The van der Waals surface area contributed by atoms with E-state index < -0.39 is 0 Å². The summed E-state index contributed by atoms with van der Waals surface area (Å²) in [5, 5.41) is 13.2. The van der Waals surface area contributed by atoms with Gasteiger partial charge in [0.15, 0.2) is 0 Å². The van der Waals surface area contributed by atoms with Crippen molar-refractivity contribution in [2.75, 3.05) is 10.8 Å². The van der Waals surface area contributed by atoms with Crippen LogP contribution >= 0.6 is 9.24 Å². The predicted molar refractivity (Wildman–Crippen MR) is 85.6 cm³/mol. The molecule has 0 aliphatic carbocycles. The van der Waals surface area contributed by atoms with Crippen molar-refractivity contribution in [2.24, 2.45) is 0 Å². The molecule has 2 aromatic rings. The van der Waals surface area contributed by atoms with Crippen LogP contribution in [0.5, 0.6) is 0 Å². The van der Waals surface area contributed by atoms with Gasteiger partial charge >= 0.3 is 0 Å². The normalized spacial score (nSPS) is 10.1. The Morgan fingerprint density at radius 1 is 1.05 bits per heavy atom. The van der Waals surface area contributed by atoms with Gasteiger partial charge in [0.25, 0.3) is 0 Å². The van der Waals surface area contributed by atoms with Crippen molar-refractivity contribution in [1.82, 2.24) is 0 Å². The summed E-state index contributed by atoms with van der Waals surface area (Å²) in [7, 11) is 2.72. The first-order valence-corrected chi connectivity index (χ1v) is 6.50. The van der Waals surface area contributed by atoms with Crippen molar-refractivity contribution in [3.05, 3.63) is 54.6 Å². The molecule has 0 fully saturated rings. The third-order valence-corrected chi connectivity index (χ3v) is 3.32. The van der Waals surface area contributed by atoms with Crippen LogP contribution in [0.2, 0.25) is 0 Å². The lowest BCUT2D eigenvalue weighted by Gasteiger charge is -2.11. The van der Waals surface area contributed by atoms with Crippen molar-refractivity contribution in [3.8, 4) is 0 Å². The van der Waals surface area contributed by atoms with Crippen LogP contribution in [0.25, 0.3) is 5.57 Å². The maximum Gasteiger partial charge on any atom is 0.0603 e. The van der Waals surface area contributed by atoms with Gasteiger partial charge in [0, 0.05) is 11.4 Å². The molecule has 0 saturated carbocycles. The number of nitrogens with one attached hydrogen (secondary N) is 2. The van der Waals surface area contributed by atoms with Crippen LogP contribution in [0.3, 0.4) is 0 Å². The smallest absolute Gasteiger partial charge is 0.0603 e. The molecule has 1 atom stereocenters. The van der Waals surface area contributed by atoms with Crippen molar-refractivity contribution >= 4 is 37.2 Å².